The summed E-state index contributed by atoms with van der Waals surface area (Å²) in [7, 11) is 0. The molecule has 0 saturated heterocycles. The summed E-state index contributed by atoms with van der Waals surface area (Å²) in [5.74, 6) is 1.13. The Balaban J connectivity index is 1.92. The van der Waals surface area contributed by atoms with Crippen molar-refractivity contribution in [1.29, 1.82) is 0 Å². The number of hydrogen-bond acceptors (Lipinski definition) is 2. The fourth-order valence-electron chi connectivity index (χ4n) is 1.45. The van der Waals surface area contributed by atoms with Crippen LogP contribution in [-0.2, 0) is 6.54 Å². The predicted molar refractivity (Wildman–Crippen MR) is 57.5 cm³/mol. The van der Waals surface area contributed by atoms with Crippen LogP contribution in [0.1, 0.15) is 18.4 Å². The summed E-state index contributed by atoms with van der Waals surface area (Å²) < 4.78 is 0. The van der Waals surface area contributed by atoms with Crippen molar-refractivity contribution in [1.82, 2.24) is 5.32 Å². The highest BCUT2D eigenvalue weighted by Crippen LogP contribution is 2.28. The van der Waals surface area contributed by atoms with Gasteiger partial charge in [0.15, 0.2) is 0 Å². The maximum absolute atomic E-state index is 9.55. The number of hydrogen-bond donors (Lipinski definition) is 2. The number of nitrogens with one attached hydrogen (secondary N) is 1. The molecule has 1 fully saturated rings. The van der Waals surface area contributed by atoms with Gasteiger partial charge in [-0.1, -0.05) is 17.7 Å². The van der Waals surface area contributed by atoms with Gasteiger partial charge in [0.05, 0.1) is 0 Å². The Labute approximate surface area is 88.9 Å². The quantitative estimate of drug-likeness (QED) is 0.803. The summed E-state index contributed by atoms with van der Waals surface area (Å²) >= 11 is 5.96. The fraction of sp³-hybridized carbons (Fsp3) is 0.455. The average Bonchev–Trinajstić information content (AvgIpc) is 2.94. The number of rotatable bonds is 4. The van der Waals surface area contributed by atoms with E-state index in [-0.39, 0.29) is 5.75 Å². The van der Waals surface area contributed by atoms with Crippen molar-refractivity contribution in [2.75, 3.05) is 6.54 Å². The van der Waals surface area contributed by atoms with Gasteiger partial charge in [-0.3, -0.25) is 0 Å². The molecule has 0 aliphatic heterocycles. The second-order valence-electron chi connectivity index (χ2n) is 3.81. The van der Waals surface area contributed by atoms with Crippen molar-refractivity contribution in [3.05, 3.63) is 28.8 Å². The van der Waals surface area contributed by atoms with E-state index in [9.17, 15) is 5.11 Å². The van der Waals surface area contributed by atoms with E-state index in [4.69, 9.17) is 11.6 Å². The van der Waals surface area contributed by atoms with Crippen LogP contribution in [0.5, 0.6) is 5.75 Å². The third-order valence-electron chi connectivity index (χ3n) is 2.53. The lowest BCUT2D eigenvalue weighted by atomic mass is 10.2. The molecule has 0 bridgehead atoms. The van der Waals surface area contributed by atoms with E-state index >= 15 is 0 Å². The predicted octanol–water partition coefficient (Wildman–Crippen LogP) is 2.55. The van der Waals surface area contributed by atoms with Crippen LogP contribution in [-0.4, -0.2) is 11.7 Å². The van der Waals surface area contributed by atoms with E-state index in [1.807, 2.05) is 0 Å². The Morgan fingerprint density at radius 2 is 2.21 bits per heavy atom. The fourth-order valence-corrected chi connectivity index (χ4v) is 1.68. The maximum atomic E-state index is 9.55. The molecule has 0 spiro atoms. The molecule has 2 N–H and O–H groups in total. The first kappa shape index (κ1) is 9.81. The molecule has 3 heteroatoms. The molecular weight excluding hydrogens is 198 g/mol. The Morgan fingerprint density at radius 1 is 1.43 bits per heavy atom. The molecule has 1 aromatic carbocycles. The monoisotopic (exact) mass is 211 g/mol. The van der Waals surface area contributed by atoms with Gasteiger partial charge < -0.3 is 10.4 Å². The second-order valence-corrected chi connectivity index (χ2v) is 4.22. The number of phenolic OH excluding ortho intramolecular Hbond substituents is 1. The van der Waals surface area contributed by atoms with Crippen molar-refractivity contribution in [2.45, 2.75) is 19.4 Å². The lowest BCUT2D eigenvalue weighted by Crippen LogP contribution is -2.16. The van der Waals surface area contributed by atoms with E-state index < -0.39 is 0 Å². The van der Waals surface area contributed by atoms with Gasteiger partial charge in [-0.25, -0.2) is 0 Å². The topological polar surface area (TPSA) is 32.3 Å². The van der Waals surface area contributed by atoms with Gasteiger partial charge in [0, 0.05) is 17.1 Å². The normalized spacial score (nSPS) is 15.8. The molecule has 0 unspecified atom stereocenters. The maximum Gasteiger partial charge on any atom is 0.121 e. The van der Waals surface area contributed by atoms with E-state index in [2.05, 4.69) is 5.32 Å². The zero-order valence-corrected chi connectivity index (χ0v) is 8.72. The zero-order chi connectivity index (χ0) is 9.97. The summed E-state index contributed by atoms with van der Waals surface area (Å²) in [5, 5.41) is 13.5. The molecule has 1 aromatic rings. The summed E-state index contributed by atoms with van der Waals surface area (Å²) in [4.78, 5) is 0. The van der Waals surface area contributed by atoms with E-state index in [0.29, 0.717) is 11.6 Å². The van der Waals surface area contributed by atoms with Gasteiger partial charge in [0.1, 0.15) is 5.75 Å². The smallest absolute Gasteiger partial charge is 0.121 e. The molecule has 76 valence electrons. The molecule has 0 aromatic heterocycles. The van der Waals surface area contributed by atoms with Crippen LogP contribution in [0.25, 0.3) is 0 Å². The van der Waals surface area contributed by atoms with E-state index in [1.165, 1.54) is 12.8 Å². The first-order valence-corrected chi connectivity index (χ1v) is 5.32. The first-order chi connectivity index (χ1) is 6.77. The van der Waals surface area contributed by atoms with Crippen LogP contribution in [0.3, 0.4) is 0 Å². The van der Waals surface area contributed by atoms with Crippen LogP contribution in [0.15, 0.2) is 18.2 Å². The molecule has 0 amide bonds. The molecule has 2 rings (SSSR count). The Kier molecular flexibility index (Phi) is 2.94. The number of phenols is 1. The average molecular weight is 212 g/mol. The van der Waals surface area contributed by atoms with Gasteiger partial charge in [0.25, 0.3) is 0 Å². The van der Waals surface area contributed by atoms with E-state index in [0.717, 1.165) is 18.0 Å². The highest BCUT2D eigenvalue weighted by atomic mass is 35.5. The summed E-state index contributed by atoms with van der Waals surface area (Å²) in [6.07, 6.45) is 2.67. The molecule has 0 atom stereocenters. The SMILES string of the molecule is Oc1cccc(Cl)c1CNCC1CC1. The van der Waals surface area contributed by atoms with Gasteiger partial charge >= 0.3 is 0 Å². The van der Waals surface area contributed by atoms with Crippen LogP contribution in [0.4, 0.5) is 0 Å². The van der Waals surface area contributed by atoms with Crippen LogP contribution >= 0.6 is 11.6 Å². The van der Waals surface area contributed by atoms with Crippen molar-refractivity contribution in [3.8, 4) is 5.75 Å². The largest absolute Gasteiger partial charge is 0.508 e. The Morgan fingerprint density at radius 3 is 2.86 bits per heavy atom. The Hall–Kier alpha value is -0.730. The molecule has 1 aliphatic carbocycles. The molecule has 1 aliphatic rings. The minimum atomic E-state index is 0.279. The standard InChI is InChI=1S/C11H14ClNO/c12-10-2-1-3-11(14)9(10)7-13-6-8-4-5-8/h1-3,8,13-14H,4-7H2. The second kappa shape index (κ2) is 4.20. The number of aromatic hydroxyl groups is 1. The first-order valence-electron chi connectivity index (χ1n) is 4.94. The van der Waals surface area contributed by atoms with Crippen molar-refractivity contribution >= 4 is 11.6 Å². The molecule has 0 radical (unpaired) electrons. The molecule has 1 saturated carbocycles. The van der Waals surface area contributed by atoms with Crippen molar-refractivity contribution < 1.29 is 5.11 Å². The molecule has 2 nitrogen and oxygen atoms in total. The van der Waals surface area contributed by atoms with Gasteiger partial charge in [-0.15, -0.1) is 0 Å². The van der Waals surface area contributed by atoms with Gasteiger partial charge in [-0.2, -0.15) is 0 Å². The van der Waals surface area contributed by atoms with Crippen LogP contribution in [0, 0.1) is 5.92 Å². The summed E-state index contributed by atoms with van der Waals surface area (Å²) in [5.41, 5.74) is 0.801. The molecular formula is C11H14ClNO. The van der Waals surface area contributed by atoms with Gasteiger partial charge in [-0.05, 0) is 37.4 Å². The zero-order valence-electron chi connectivity index (χ0n) is 7.96. The lowest BCUT2D eigenvalue weighted by molar-refractivity contribution is 0.464. The number of benzene rings is 1. The number of halogens is 1. The lowest BCUT2D eigenvalue weighted by Gasteiger charge is -2.07. The molecule has 14 heavy (non-hydrogen) atoms. The summed E-state index contributed by atoms with van der Waals surface area (Å²) in [6.45, 7) is 1.69. The summed E-state index contributed by atoms with van der Waals surface area (Å²) in [6, 6.07) is 5.22. The minimum Gasteiger partial charge on any atom is -0.508 e. The van der Waals surface area contributed by atoms with Crippen molar-refractivity contribution in [3.63, 3.8) is 0 Å². The minimum absolute atomic E-state index is 0.279. The van der Waals surface area contributed by atoms with Crippen molar-refractivity contribution in [2.24, 2.45) is 5.92 Å². The Bertz CT molecular complexity index is 303. The van der Waals surface area contributed by atoms with Crippen LogP contribution < -0.4 is 5.32 Å². The van der Waals surface area contributed by atoms with Crippen LogP contribution in [0.2, 0.25) is 5.02 Å². The molecule has 0 heterocycles. The van der Waals surface area contributed by atoms with Gasteiger partial charge in [0.2, 0.25) is 0 Å². The highest BCUT2D eigenvalue weighted by Gasteiger charge is 2.20. The third-order valence-corrected chi connectivity index (χ3v) is 2.88. The highest BCUT2D eigenvalue weighted by molar-refractivity contribution is 6.31. The van der Waals surface area contributed by atoms with E-state index in [1.54, 1.807) is 18.2 Å². The third kappa shape index (κ3) is 2.40.